The van der Waals surface area contributed by atoms with Crippen molar-refractivity contribution in [3.63, 3.8) is 0 Å². The molecule has 2 fully saturated rings. The van der Waals surface area contributed by atoms with Crippen molar-refractivity contribution >= 4 is 5.69 Å². The Hall–Kier alpha value is -1.22. The molecule has 0 unspecified atom stereocenters. The summed E-state index contributed by atoms with van der Waals surface area (Å²) in [6.45, 7) is 2.02. The van der Waals surface area contributed by atoms with E-state index in [2.05, 4.69) is 11.4 Å². The topological polar surface area (TPSA) is 47.3 Å². The number of methoxy groups -OCH3 is 1. The van der Waals surface area contributed by atoms with Crippen LogP contribution >= 0.6 is 0 Å². The minimum absolute atomic E-state index is 0.821. The molecule has 0 saturated heterocycles. The summed E-state index contributed by atoms with van der Waals surface area (Å²) < 4.78 is 5.17. The molecule has 0 heterocycles. The van der Waals surface area contributed by atoms with Gasteiger partial charge in [-0.3, -0.25) is 0 Å². The third kappa shape index (κ3) is 3.21. The number of anilines is 1. The molecule has 19 heavy (non-hydrogen) atoms. The van der Waals surface area contributed by atoms with Crippen LogP contribution < -0.4 is 15.8 Å². The first kappa shape index (κ1) is 12.8. The number of nitrogens with two attached hydrogens (primary N) is 1. The average Bonchev–Trinajstić information content (AvgIpc) is 3.28. The second-order valence-electron chi connectivity index (χ2n) is 6.03. The first-order valence-corrected chi connectivity index (χ1v) is 7.41. The quantitative estimate of drug-likeness (QED) is 0.741. The van der Waals surface area contributed by atoms with E-state index in [1.165, 1.54) is 31.2 Å². The van der Waals surface area contributed by atoms with Crippen LogP contribution in [0.1, 0.15) is 31.2 Å². The average molecular weight is 260 g/mol. The van der Waals surface area contributed by atoms with Crippen molar-refractivity contribution in [2.45, 2.75) is 32.2 Å². The summed E-state index contributed by atoms with van der Waals surface area (Å²) in [6, 6.07) is 5.94. The van der Waals surface area contributed by atoms with Crippen molar-refractivity contribution in [3.05, 3.63) is 23.8 Å². The lowest BCUT2D eigenvalue weighted by Gasteiger charge is -2.17. The number of hydrogen-bond acceptors (Lipinski definition) is 3. The molecule has 0 aromatic heterocycles. The van der Waals surface area contributed by atoms with E-state index >= 15 is 0 Å². The molecule has 0 radical (unpaired) electrons. The van der Waals surface area contributed by atoms with Crippen LogP contribution in [-0.2, 0) is 6.54 Å². The highest BCUT2D eigenvalue weighted by Gasteiger charge is 2.40. The van der Waals surface area contributed by atoms with Crippen molar-refractivity contribution < 1.29 is 4.74 Å². The van der Waals surface area contributed by atoms with Crippen molar-refractivity contribution in [3.8, 4) is 5.75 Å². The van der Waals surface area contributed by atoms with Crippen molar-refractivity contribution in [2.75, 3.05) is 19.4 Å². The largest absolute Gasteiger partial charge is 0.497 e. The van der Waals surface area contributed by atoms with E-state index in [4.69, 9.17) is 10.5 Å². The van der Waals surface area contributed by atoms with Gasteiger partial charge in [0, 0.05) is 18.3 Å². The van der Waals surface area contributed by atoms with Gasteiger partial charge in [0.15, 0.2) is 0 Å². The highest BCUT2D eigenvalue weighted by atomic mass is 16.5. The summed E-state index contributed by atoms with van der Waals surface area (Å²) in [5.74, 6) is 3.76. The first-order chi connectivity index (χ1) is 9.28. The van der Waals surface area contributed by atoms with Gasteiger partial charge in [0.1, 0.15) is 5.75 Å². The summed E-state index contributed by atoms with van der Waals surface area (Å²) in [5.41, 5.74) is 8.03. The van der Waals surface area contributed by atoms with E-state index < -0.39 is 0 Å². The molecule has 0 bridgehead atoms. The lowest BCUT2D eigenvalue weighted by Crippen LogP contribution is -2.25. The number of ether oxygens (including phenoxy) is 1. The molecule has 2 aliphatic rings. The number of nitrogens with one attached hydrogen (secondary N) is 1. The first-order valence-electron chi connectivity index (χ1n) is 7.41. The van der Waals surface area contributed by atoms with Gasteiger partial charge in [0.25, 0.3) is 0 Å². The maximum Gasteiger partial charge on any atom is 0.120 e. The fourth-order valence-corrected chi connectivity index (χ4v) is 3.00. The predicted molar refractivity (Wildman–Crippen MR) is 78.1 cm³/mol. The van der Waals surface area contributed by atoms with E-state index in [1.807, 2.05) is 12.1 Å². The second-order valence-corrected chi connectivity index (χ2v) is 6.03. The van der Waals surface area contributed by atoms with Crippen molar-refractivity contribution in [2.24, 2.45) is 17.8 Å². The van der Waals surface area contributed by atoms with Crippen LogP contribution in [0.2, 0.25) is 0 Å². The Morgan fingerprint density at radius 2 is 1.95 bits per heavy atom. The highest BCUT2D eigenvalue weighted by Crippen LogP contribution is 2.48. The van der Waals surface area contributed by atoms with Crippen LogP contribution in [-0.4, -0.2) is 13.7 Å². The number of benzene rings is 1. The minimum atomic E-state index is 0.821. The van der Waals surface area contributed by atoms with Gasteiger partial charge in [-0.15, -0.1) is 0 Å². The lowest BCUT2D eigenvalue weighted by molar-refractivity contribution is 0.378. The molecule has 2 aliphatic carbocycles. The molecule has 0 amide bonds. The molecule has 3 rings (SSSR count). The molecule has 3 N–H and O–H groups in total. The summed E-state index contributed by atoms with van der Waals surface area (Å²) >= 11 is 0. The van der Waals surface area contributed by atoms with Gasteiger partial charge in [-0.1, -0.05) is 6.07 Å². The van der Waals surface area contributed by atoms with Gasteiger partial charge in [-0.05, 0) is 61.6 Å². The minimum Gasteiger partial charge on any atom is -0.497 e. The Labute approximate surface area is 115 Å². The van der Waals surface area contributed by atoms with Gasteiger partial charge in [0.05, 0.1) is 7.11 Å². The SMILES string of the molecule is COc1ccc(CNCC(C2CC2)C2CC2)c(N)c1. The van der Waals surface area contributed by atoms with Gasteiger partial charge in [0.2, 0.25) is 0 Å². The second kappa shape index (κ2) is 5.41. The Morgan fingerprint density at radius 3 is 2.47 bits per heavy atom. The van der Waals surface area contributed by atoms with E-state index in [1.54, 1.807) is 7.11 Å². The standard InChI is InChI=1S/C16H24N2O/c1-19-14-7-6-13(16(17)8-14)9-18-10-15(11-2-3-11)12-4-5-12/h6-8,11-12,15,18H,2-5,9-10,17H2,1H3. The Morgan fingerprint density at radius 1 is 1.26 bits per heavy atom. The molecule has 3 heteroatoms. The molecule has 104 valence electrons. The fraction of sp³-hybridized carbons (Fsp3) is 0.625. The molecule has 1 aromatic carbocycles. The zero-order valence-electron chi connectivity index (χ0n) is 11.7. The van der Waals surface area contributed by atoms with Gasteiger partial charge < -0.3 is 15.8 Å². The van der Waals surface area contributed by atoms with Crippen LogP contribution in [0, 0.1) is 17.8 Å². The van der Waals surface area contributed by atoms with E-state index in [0.717, 1.165) is 42.3 Å². The van der Waals surface area contributed by atoms with E-state index in [-0.39, 0.29) is 0 Å². The predicted octanol–water partition coefficient (Wildman–Crippen LogP) is 2.80. The number of rotatable bonds is 7. The zero-order chi connectivity index (χ0) is 13.2. The third-order valence-corrected chi connectivity index (χ3v) is 4.50. The van der Waals surface area contributed by atoms with Crippen molar-refractivity contribution in [1.29, 1.82) is 0 Å². The van der Waals surface area contributed by atoms with E-state index in [9.17, 15) is 0 Å². The van der Waals surface area contributed by atoms with Crippen LogP contribution in [0.5, 0.6) is 5.75 Å². The molecule has 1 aromatic rings. The lowest BCUT2D eigenvalue weighted by atomic mass is 9.98. The molecule has 0 aliphatic heterocycles. The highest BCUT2D eigenvalue weighted by molar-refractivity contribution is 5.51. The summed E-state index contributed by atoms with van der Waals surface area (Å²) in [4.78, 5) is 0. The molecular formula is C16H24N2O. The monoisotopic (exact) mass is 260 g/mol. The Bertz CT molecular complexity index is 426. The fourth-order valence-electron chi connectivity index (χ4n) is 3.00. The van der Waals surface area contributed by atoms with Crippen molar-refractivity contribution in [1.82, 2.24) is 5.32 Å². The van der Waals surface area contributed by atoms with Gasteiger partial charge in [-0.25, -0.2) is 0 Å². The maximum absolute atomic E-state index is 6.04. The summed E-state index contributed by atoms with van der Waals surface area (Å²) in [5, 5.41) is 3.60. The molecule has 2 saturated carbocycles. The van der Waals surface area contributed by atoms with Crippen LogP contribution in [0.4, 0.5) is 5.69 Å². The van der Waals surface area contributed by atoms with Crippen LogP contribution in [0.15, 0.2) is 18.2 Å². The number of hydrogen-bond donors (Lipinski definition) is 2. The smallest absolute Gasteiger partial charge is 0.120 e. The van der Waals surface area contributed by atoms with Crippen LogP contribution in [0.3, 0.4) is 0 Å². The van der Waals surface area contributed by atoms with Gasteiger partial charge >= 0.3 is 0 Å². The molecule has 0 atom stereocenters. The summed E-state index contributed by atoms with van der Waals surface area (Å²) in [7, 11) is 1.67. The van der Waals surface area contributed by atoms with E-state index in [0.29, 0.717) is 0 Å². The normalized spacial score (nSPS) is 18.8. The van der Waals surface area contributed by atoms with Gasteiger partial charge in [-0.2, -0.15) is 0 Å². The zero-order valence-corrected chi connectivity index (χ0v) is 11.7. The molecular weight excluding hydrogens is 236 g/mol. The Kier molecular flexibility index (Phi) is 3.65. The third-order valence-electron chi connectivity index (χ3n) is 4.50. The molecule has 0 spiro atoms. The maximum atomic E-state index is 6.04. The number of nitrogen functional groups attached to an aromatic ring is 1. The van der Waals surface area contributed by atoms with Crippen LogP contribution in [0.25, 0.3) is 0 Å². The Balaban J connectivity index is 1.51. The summed E-state index contributed by atoms with van der Waals surface area (Å²) in [6.07, 6.45) is 5.81. The molecule has 3 nitrogen and oxygen atoms in total.